The van der Waals surface area contributed by atoms with E-state index in [4.69, 9.17) is 4.74 Å². The molecule has 0 aliphatic heterocycles. The molecule has 4 rings (SSSR count). The highest BCUT2D eigenvalue weighted by molar-refractivity contribution is 5.84. The van der Waals surface area contributed by atoms with Crippen molar-refractivity contribution in [2.24, 2.45) is 11.8 Å². The Hall–Kier alpha value is -3.79. The summed E-state index contributed by atoms with van der Waals surface area (Å²) in [5, 5.41) is 14.7. The van der Waals surface area contributed by atoms with Gasteiger partial charge in [-0.2, -0.15) is 0 Å². The predicted molar refractivity (Wildman–Crippen MR) is 132 cm³/mol. The number of rotatable bonds is 10. The molecule has 1 fully saturated rings. The van der Waals surface area contributed by atoms with Crippen LogP contribution in [0.3, 0.4) is 0 Å². The second-order valence-corrected chi connectivity index (χ2v) is 9.10. The highest BCUT2D eigenvalue weighted by Crippen LogP contribution is 2.44. The standard InChI is InChI=1S/C28H30N2O5/c1-2-3-12-25(27(32)33)30-26(31)15-19(18-13-14-18)16-29-28(34)35-17-24-22-10-6-4-8-20(22)21-9-5-7-11-23(21)24/h4-11,18-19,24-25H,12-17H2,1H3,(H,29,34)(H,30,31)(H,32,33). The number of carboxylic acid groups (broad SMARTS) is 1. The molecule has 0 bridgehead atoms. The lowest BCUT2D eigenvalue weighted by Gasteiger charge is -2.19. The van der Waals surface area contributed by atoms with Gasteiger partial charge in [-0.25, -0.2) is 9.59 Å². The molecule has 7 heteroatoms. The SMILES string of the molecule is CC#CCC(NC(=O)CC(CNC(=O)OCC1c2ccccc2-c2ccccc21)C1CC1)C(=O)O. The van der Waals surface area contributed by atoms with Gasteiger partial charge in [-0.15, -0.1) is 11.8 Å². The highest BCUT2D eigenvalue weighted by Gasteiger charge is 2.34. The molecule has 0 heterocycles. The van der Waals surface area contributed by atoms with Crippen LogP contribution in [0.25, 0.3) is 11.1 Å². The van der Waals surface area contributed by atoms with Crippen molar-refractivity contribution < 1.29 is 24.2 Å². The lowest BCUT2D eigenvalue weighted by molar-refractivity contribution is -0.141. The molecule has 3 N–H and O–H groups in total. The van der Waals surface area contributed by atoms with Crippen molar-refractivity contribution in [2.75, 3.05) is 13.2 Å². The van der Waals surface area contributed by atoms with Crippen molar-refractivity contribution in [2.45, 2.75) is 44.6 Å². The van der Waals surface area contributed by atoms with Gasteiger partial charge in [0.2, 0.25) is 5.91 Å². The van der Waals surface area contributed by atoms with Crippen LogP contribution in [0.15, 0.2) is 48.5 Å². The molecule has 2 amide bonds. The molecular formula is C28H30N2O5. The second-order valence-electron chi connectivity index (χ2n) is 9.10. The Morgan fingerprint density at radius 3 is 2.26 bits per heavy atom. The van der Waals surface area contributed by atoms with Crippen molar-refractivity contribution >= 4 is 18.0 Å². The molecule has 7 nitrogen and oxygen atoms in total. The van der Waals surface area contributed by atoms with Crippen LogP contribution in [0, 0.1) is 23.7 Å². The first kappa shape index (κ1) is 24.3. The number of benzene rings is 2. The number of carbonyl (C=O) groups excluding carboxylic acids is 2. The van der Waals surface area contributed by atoms with E-state index in [0.29, 0.717) is 12.5 Å². The van der Waals surface area contributed by atoms with Gasteiger partial charge in [0.25, 0.3) is 0 Å². The van der Waals surface area contributed by atoms with E-state index in [-0.39, 0.29) is 37.2 Å². The van der Waals surface area contributed by atoms with Crippen LogP contribution in [0.4, 0.5) is 4.79 Å². The average Bonchev–Trinajstić information content (AvgIpc) is 3.65. The fourth-order valence-electron chi connectivity index (χ4n) is 4.73. The van der Waals surface area contributed by atoms with Crippen LogP contribution in [0.1, 0.15) is 49.7 Å². The number of aliphatic carboxylic acids is 1. The smallest absolute Gasteiger partial charge is 0.407 e. The first-order valence-electron chi connectivity index (χ1n) is 12.0. The first-order valence-corrected chi connectivity index (χ1v) is 12.0. The molecule has 182 valence electrons. The Morgan fingerprint density at radius 1 is 1.06 bits per heavy atom. The summed E-state index contributed by atoms with van der Waals surface area (Å²) in [6.45, 7) is 2.16. The van der Waals surface area contributed by atoms with E-state index >= 15 is 0 Å². The molecule has 0 radical (unpaired) electrons. The number of hydrogen-bond donors (Lipinski definition) is 3. The molecule has 2 atom stereocenters. The van der Waals surface area contributed by atoms with Crippen molar-refractivity contribution in [1.82, 2.24) is 10.6 Å². The summed E-state index contributed by atoms with van der Waals surface area (Å²) in [5.41, 5.74) is 4.63. The van der Waals surface area contributed by atoms with Crippen molar-refractivity contribution in [3.05, 3.63) is 59.7 Å². The van der Waals surface area contributed by atoms with Crippen LogP contribution in [0.5, 0.6) is 0 Å². The van der Waals surface area contributed by atoms with Crippen molar-refractivity contribution in [1.29, 1.82) is 0 Å². The molecule has 0 spiro atoms. The van der Waals surface area contributed by atoms with E-state index in [1.54, 1.807) is 6.92 Å². The summed E-state index contributed by atoms with van der Waals surface area (Å²) in [7, 11) is 0. The van der Waals surface area contributed by atoms with Crippen molar-refractivity contribution in [3.63, 3.8) is 0 Å². The lowest BCUT2D eigenvalue weighted by atomic mass is 9.98. The maximum atomic E-state index is 12.5. The zero-order chi connectivity index (χ0) is 24.8. The minimum atomic E-state index is -1.11. The van der Waals surface area contributed by atoms with Gasteiger partial charge in [0.1, 0.15) is 12.6 Å². The summed E-state index contributed by atoms with van der Waals surface area (Å²) >= 11 is 0. The third-order valence-corrected chi connectivity index (χ3v) is 6.70. The Labute approximate surface area is 205 Å². The van der Waals surface area contributed by atoms with E-state index in [9.17, 15) is 19.5 Å². The van der Waals surface area contributed by atoms with Gasteiger partial charge in [-0.05, 0) is 53.9 Å². The Balaban J connectivity index is 1.29. The maximum absolute atomic E-state index is 12.5. The van der Waals surface area contributed by atoms with Gasteiger partial charge < -0.3 is 20.5 Å². The third kappa shape index (κ3) is 6.02. The van der Waals surface area contributed by atoms with Crippen LogP contribution in [0.2, 0.25) is 0 Å². The van der Waals surface area contributed by atoms with Crippen LogP contribution >= 0.6 is 0 Å². The molecule has 1 saturated carbocycles. The zero-order valence-electron chi connectivity index (χ0n) is 19.8. The zero-order valence-corrected chi connectivity index (χ0v) is 19.8. The summed E-state index contributed by atoms with van der Waals surface area (Å²) in [6.07, 6.45) is 1.68. The molecule has 2 aromatic rings. The van der Waals surface area contributed by atoms with E-state index in [2.05, 4.69) is 46.7 Å². The van der Waals surface area contributed by atoms with Gasteiger partial charge in [-0.3, -0.25) is 4.79 Å². The summed E-state index contributed by atoms with van der Waals surface area (Å²) < 4.78 is 5.59. The fourth-order valence-corrected chi connectivity index (χ4v) is 4.73. The summed E-state index contributed by atoms with van der Waals surface area (Å²) in [6, 6.07) is 15.3. The number of fused-ring (bicyclic) bond motifs is 3. The largest absolute Gasteiger partial charge is 0.480 e. The summed E-state index contributed by atoms with van der Waals surface area (Å²) in [5.74, 6) is 4.14. The van der Waals surface area contributed by atoms with Crippen molar-refractivity contribution in [3.8, 4) is 23.0 Å². The molecule has 2 aromatic carbocycles. The van der Waals surface area contributed by atoms with E-state index < -0.39 is 18.1 Å². The lowest BCUT2D eigenvalue weighted by Crippen LogP contribution is -2.42. The second kappa shape index (κ2) is 11.1. The summed E-state index contributed by atoms with van der Waals surface area (Å²) in [4.78, 5) is 36.4. The van der Waals surface area contributed by atoms with Crippen LogP contribution in [-0.4, -0.2) is 42.3 Å². The number of carbonyl (C=O) groups is 3. The highest BCUT2D eigenvalue weighted by atomic mass is 16.5. The third-order valence-electron chi connectivity index (χ3n) is 6.70. The Bertz CT molecular complexity index is 1120. The molecule has 2 unspecified atom stereocenters. The number of amides is 2. The van der Waals surface area contributed by atoms with E-state index in [1.807, 2.05) is 24.3 Å². The van der Waals surface area contributed by atoms with E-state index in [0.717, 1.165) is 24.0 Å². The van der Waals surface area contributed by atoms with Gasteiger partial charge in [0, 0.05) is 25.3 Å². The fraction of sp³-hybridized carbons (Fsp3) is 0.393. The normalized spacial score (nSPS) is 15.6. The van der Waals surface area contributed by atoms with Crippen LogP contribution < -0.4 is 10.6 Å². The molecular weight excluding hydrogens is 444 g/mol. The van der Waals surface area contributed by atoms with Gasteiger partial charge in [0.05, 0.1) is 0 Å². The number of nitrogens with one attached hydrogen (secondary N) is 2. The first-order chi connectivity index (χ1) is 17.0. The quantitative estimate of drug-likeness (QED) is 0.453. The number of hydrogen-bond acceptors (Lipinski definition) is 4. The number of ether oxygens (including phenoxy) is 1. The van der Waals surface area contributed by atoms with Crippen LogP contribution in [-0.2, 0) is 14.3 Å². The molecule has 2 aliphatic rings. The predicted octanol–water partition coefficient (Wildman–Crippen LogP) is 3.92. The minimum Gasteiger partial charge on any atom is -0.480 e. The Kier molecular flexibility index (Phi) is 7.71. The average molecular weight is 475 g/mol. The molecule has 0 aromatic heterocycles. The number of carboxylic acids is 1. The minimum absolute atomic E-state index is 0.0164. The number of alkyl carbamates (subject to hydrolysis) is 1. The van der Waals surface area contributed by atoms with E-state index in [1.165, 1.54) is 11.1 Å². The maximum Gasteiger partial charge on any atom is 0.407 e. The topological polar surface area (TPSA) is 105 Å². The van der Waals surface area contributed by atoms with Gasteiger partial charge >= 0.3 is 12.1 Å². The molecule has 0 saturated heterocycles. The monoisotopic (exact) mass is 474 g/mol. The molecule has 2 aliphatic carbocycles. The van der Waals surface area contributed by atoms with Gasteiger partial charge in [0.15, 0.2) is 0 Å². The van der Waals surface area contributed by atoms with Gasteiger partial charge in [-0.1, -0.05) is 48.5 Å². The Morgan fingerprint density at radius 2 is 1.69 bits per heavy atom. The molecule has 35 heavy (non-hydrogen) atoms.